The Balaban J connectivity index is 0.000000245. The second-order valence-electron chi connectivity index (χ2n) is 15.5. The van der Waals surface area contributed by atoms with Crippen LogP contribution in [0.3, 0.4) is 0 Å². The van der Waals surface area contributed by atoms with Gasteiger partial charge in [0.25, 0.3) is 0 Å². The molecule has 0 atom stereocenters. The molecule has 4 nitrogen and oxygen atoms in total. The average Bonchev–Trinajstić information content (AvgIpc) is 3.87. The number of pyridine rings is 1. The standard InChI is InChI=1S/C38H33N2O.C16H18N.Ir/c1-23(2)30-21-27(26-13-7-6-8-14-26)22-31(24(3)4)36(30)40-33-17-11-10-16-32(33)39-38(40)29-20-19-25(5)35-28-15-9-12-18-34(28)41-37(29)35;1-12(2)9-15-10-16(17-11-13(15)3)14-7-5-4-6-8-14;/h6-19,21-24H,1-5H3;4-7,10-12H,9H2,1-3H3;/q2*-1;/i5D3;3D3,9D2;. The molecule has 0 saturated carbocycles. The molecule has 5 heteroatoms. The van der Waals surface area contributed by atoms with Gasteiger partial charge in [0.15, 0.2) is 0 Å². The molecule has 0 aliphatic heterocycles. The van der Waals surface area contributed by atoms with Gasteiger partial charge in [0.1, 0.15) is 5.58 Å². The number of nitrogens with zero attached hydrogens (tertiary/aromatic N) is 3. The molecule has 1 radical (unpaired) electrons. The van der Waals surface area contributed by atoms with Crippen LogP contribution in [0.5, 0.6) is 0 Å². The third kappa shape index (κ3) is 8.33. The fourth-order valence-electron chi connectivity index (χ4n) is 7.56. The Kier molecular flexibility index (Phi) is 9.68. The zero-order valence-electron chi connectivity index (χ0n) is 42.0. The molecule has 0 N–H and O–H groups in total. The van der Waals surface area contributed by atoms with Crippen LogP contribution in [0.4, 0.5) is 0 Å². The number of para-hydroxylation sites is 3. The maximum absolute atomic E-state index is 8.30. The number of fused-ring (bicyclic) bond motifs is 4. The summed E-state index contributed by atoms with van der Waals surface area (Å²) in [5.74, 6) is 0.744. The third-order valence-corrected chi connectivity index (χ3v) is 10.3. The summed E-state index contributed by atoms with van der Waals surface area (Å²) in [6.45, 7) is 7.65. The van der Waals surface area contributed by atoms with Gasteiger partial charge in [0.2, 0.25) is 0 Å². The molecular formula is C54H51IrN3O-2. The van der Waals surface area contributed by atoms with E-state index in [-0.39, 0.29) is 54.5 Å². The van der Waals surface area contributed by atoms with Crippen LogP contribution in [0, 0.1) is 31.8 Å². The van der Waals surface area contributed by atoms with Gasteiger partial charge in [-0.1, -0.05) is 132 Å². The molecule has 0 fully saturated rings. The zero-order chi connectivity index (χ0) is 47.3. The van der Waals surface area contributed by atoms with Gasteiger partial charge in [0, 0.05) is 48.3 Å². The quantitative estimate of drug-likeness (QED) is 0.143. The minimum absolute atomic E-state index is 0. The number of hydrogen-bond donors (Lipinski definition) is 0. The minimum atomic E-state index is -2.40. The molecule has 0 aliphatic carbocycles. The molecule has 9 aromatic rings. The molecular weight excluding hydrogens is 899 g/mol. The number of rotatable bonds is 8. The molecule has 0 bridgehead atoms. The number of aromatic nitrogens is 3. The van der Waals surface area contributed by atoms with E-state index in [1.54, 1.807) is 26.0 Å². The van der Waals surface area contributed by atoms with Crippen LogP contribution in [0.15, 0.2) is 138 Å². The first-order valence-corrected chi connectivity index (χ1v) is 19.8. The van der Waals surface area contributed by atoms with Crippen molar-refractivity contribution in [1.82, 2.24) is 14.5 Å². The van der Waals surface area contributed by atoms with Gasteiger partial charge >= 0.3 is 0 Å². The van der Waals surface area contributed by atoms with Crippen molar-refractivity contribution >= 4 is 33.0 Å². The molecule has 0 saturated heterocycles. The van der Waals surface area contributed by atoms with E-state index in [1.165, 1.54) is 34.5 Å². The minimum Gasteiger partial charge on any atom is -0.501 e. The van der Waals surface area contributed by atoms with Crippen LogP contribution in [0.2, 0.25) is 0 Å². The molecule has 0 amide bonds. The summed E-state index contributed by atoms with van der Waals surface area (Å²) in [7, 11) is 0. The Morgan fingerprint density at radius 2 is 1.44 bits per heavy atom. The Morgan fingerprint density at radius 3 is 2.14 bits per heavy atom. The van der Waals surface area contributed by atoms with Crippen LogP contribution < -0.4 is 0 Å². The molecule has 3 heterocycles. The Morgan fingerprint density at radius 1 is 0.746 bits per heavy atom. The second-order valence-corrected chi connectivity index (χ2v) is 15.5. The normalized spacial score (nSPS) is 14.1. The Labute approximate surface area is 374 Å². The van der Waals surface area contributed by atoms with E-state index in [1.807, 2.05) is 66.7 Å². The van der Waals surface area contributed by atoms with Crippen molar-refractivity contribution < 1.29 is 35.5 Å². The Bertz CT molecular complexity index is 3160. The first-order valence-electron chi connectivity index (χ1n) is 23.8. The summed E-state index contributed by atoms with van der Waals surface area (Å²) in [6.07, 6.45) is -0.491. The van der Waals surface area contributed by atoms with Crippen LogP contribution in [0.1, 0.15) is 92.2 Å². The van der Waals surface area contributed by atoms with Gasteiger partial charge in [-0.3, -0.25) is 4.98 Å². The molecule has 299 valence electrons. The summed E-state index contributed by atoms with van der Waals surface area (Å²) in [5.41, 5.74) is 11.0. The molecule has 0 unspecified atom stereocenters. The molecule has 6 aromatic carbocycles. The van der Waals surface area contributed by atoms with Crippen LogP contribution in [-0.4, -0.2) is 14.5 Å². The topological polar surface area (TPSA) is 43.9 Å². The summed E-state index contributed by atoms with van der Waals surface area (Å²) in [5, 5.41) is 1.35. The van der Waals surface area contributed by atoms with Gasteiger partial charge in [-0.05, 0) is 94.8 Å². The maximum atomic E-state index is 8.30. The van der Waals surface area contributed by atoms with Crippen molar-refractivity contribution in [2.24, 2.45) is 5.92 Å². The number of furan rings is 1. The van der Waals surface area contributed by atoms with E-state index in [0.29, 0.717) is 39.2 Å². The maximum Gasteiger partial charge on any atom is 0.120 e. The molecule has 59 heavy (non-hydrogen) atoms. The van der Waals surface area contributed by atoms with Gasteiger partial charge in [-0.2, -0.15) is 0 Å². The van der Waals surface area contributed by atoms with E-state index in [2.05, 4.69) is 91.8 Å². The Hall–Kier alpha value is -5.61. The fraction of sp³-hybridized carbons (Fsp3) is 0.222. The van der Waals surface area contributed by atoms with Crippen molar-refractivity contribution in [3.8, 4) is 39.5 Å². The van der Waals surface area contributed by atoms with E-state index in [4.69, 9.17) is 20.4 Å². The van der Waals surface area contributed by atoms with E-state index in [0.717, 1.165) is 22.1 Å². The van der Waals surface area contributed by atoms with E-state index in [9.17, 15) is 0 Å². The largest absolute Gasteiger partial charge is 0.501 e. The second kappa shape index (κ2) is 17.7. The van der Waals surface area contributed by atoms with Crippen molar-refractivity contribution in [2.45, 2.75) is 73.5 Å². The number of aryl methyl sites for hydroxylation is 2. The average molecular weight is 958 g/mol. The summed E-state index contributed by atoms with van der Waals surface area (Å²) >= 11 is 0. The van der Waals surface area contributed by atoms with Crippen LogP contribution >= 0.6 is 0 Å². The van der Waals surface area contributed by atoms with Crippen molar-refractivity contribution in [3.63, 3.8) is 0 Å². The predicted octanol–water partition coefficient (Wildman–Crippen LogP) is 14.7. The number of hydrogen-bond acceptors (Lipinski definition) is 3. The first kappa shape index (κ1) is 32.3. The van der Waals surface area contributed by atoms with Gasteiger partial charge in [-0.25, -0.2) is 0 Å². The smallest absolute Gasteiger partial charge is 0.120 e. The third-order valence-electron chi connectivity index (χ3n) is 10.3. The fourth-order valence-corrected chi connectivity index (χ4v) is 7.56. The van der Waals surface area contributed by atoms with E-state index < -0.39 is 20.1 Å². The summed E-state index contributed by atoms with van der Waals surface area (Å²) < 4.78 is 73.0. The van der Waals surface area contributed by atoms with Crippen molar-refractivity contribution in [1.29, 1.82) is 0 Å². The van der Waals surface area contributed by atoms with Crippen LogP contribution in [0.25, 0.3) is 72.4 Å². The zero-order valence-corrected chi connectivity index (χ0v) is 36.4. The predicted molar refractivity (Wildman–Crippen MR) is 243 cm³/mol. The molecule has 9 rings (SSSR count). The van der Waals surface area contributed by atoms with Gasteiger partial charge < -0.3 is 14.0 Å². The first-order chi connectivity index (χ1) is 31.3. The van der Waals surface area contributed by atoms with Gasteiger partial charge in [-0.15, -0.1) is 53.6 Å². The SMILES string of the molecule is [2H]C([2H])([2H])c1c[c-]c(-c2nc3ccccc3n2-c2c(C(C)C)cc(-c3ccccc3)cc2C(C)C)c2oc3ccccc3c12.[2H]C([2H])([2H])c1cnc(-c2[c-]cccc2)cc1C([2H])([2H])C(C)C.[Ir]. The number of benzene rings is 6. The monoisotopic (exact) mass is 958 g/mol. The van der Waals surface area contributed by atoms with Crippen molar-refractivity contribution in [3.05, 3.63) is 174 Å². The van der Waals surface area contributed by atoms with Crippen molar-refractivity contribution in [2.75, 3.05) is 0 Å². The summed E-state index contributed by atoms with van der Waals surface area (Å²) in [6, 6.07) is 47.6. The van der Waals surface area contributed by atoms with Gasteiger partial charge in [0.05, 0.1) is 22.4 Å². The molecule has 0 aliphatic rings. The molecule has 0 spiro atoms. The number of imidazole rings is 1. The van der Waals surface area contributed by atoms with Crippen LogP contribution in [-0.2, 0) is 26.5 Å². The van der Waals surface area contributed by atoms with E-state index >= 15 is 0 Å². The summed E-state index contributed by atoms with van der Waals surface area (Å²) in [4.78, 5) is 9.38. The molecule has 3 aromatic heterocycles.